The first-order valence-electron chi connectivity index (χ1n) is 11.3. The second-order valence-corrected chi connectivity index (χ2v) is 9.83. The van der Waals surface area contributed by atoms with Crippen LogP contribution in [-0.2, 0) is 4.79 Å². The summed E-state index contributed by atoms with van der Waals surface area (Å²) in [6.45, 7) is 4.94. The Morgan fingerprint density at radius 1 is 1.20 bits per heavy atom. The highest BCUT2D eigenvalue weighted by molar-refractivity contribution is 7.16. The van der Waals surface area contributed by atoms with E-state index in [9.17, 15) is 4.79 Å². The van der Waals surface area contributed by atoms with E-state index in [1.807, 2.05) is 11.7 Å². The van der Waals surface area contributed by atoms with Gasteiger partial charge >= 0.3 is 0 Å². The molecular formula is C24H30N4OS. The first kappa shape index (κ1) is 19.7. The van der Waals surface area contributed by atoms with E-state index in [1.165, 1.54) is 35.2 Å². The normalized spacial score (nSPS) is 25.2. The average Bonchev–Trinajstić information content (AvgIpc) is 3.46. The van der Waals surface area contributed by atoms with Crippen molar-refractivity contribution in [1.29, 1.82) is 0 Å². The molecule has 3 heterocycles. The topological polar surface area (TPSA) is 48.8 Å². The van der Waals surface area contributed by atoms with Crippen LogP contribution in [0.1, 0.15) is 51.0 Å². The largest absolute Gasteiger partial charge is 0.349 e. The Hall–Kier alpha value is -2.21. The number of carbonyl (C=O) groups excluding carboxylic acids is 1. The smallest absolute Gasteiger partial charge is 0.225 e. The number of allylic oxidation sites excluding steroid dienone is 1. The number of thiazole rings is 1. The van der Waals surface area contributed by atoms with Gasteiger partial charge in [0, 0.05) is 37.5 Å². The zero-order valence-corrected chi connectivity index (χ0v) is 18.5. The summed E-state index contributed by atoms with van der Waals surface area (Å²) in [5.74, 6) is 1.19. The molecule has 5 rings (SSSR count). The van der Waals surface area contributed by atoms with Crippen LogP contribution in [0.15, 0.2) is 34.8 Å². The van der Waals surface area contributed by atoms with Crippen molar-refractivity contribution in [3.8, 4) is 0 Å². The number of amides is 1. The quantitative estimate of drug-likeness (QED) is 0.711. The van der Waals surface area contributed by atoms with Crippen LogP contribution >= 0.6 is 11.3 Å². The highest BCUT2D eigenvalue weighted by Gasteiger charge is 2.32. The molecule has 1 saturated heterocycles. The number of carbonyl (C=O) groups is 1. The molecule has 2 aromatic rings. The molecule has 2 aliphatic heterocycles. The van der Waals surface area contributed by atoms with Crippen LogP contribution in [0.25, 0.3) is 15.9 Å². The molecule has 30 heavy (non-hydrogen) atoms. The minimum atomic E-state index is 0.114. The van der Waals surface area contributed by atoms with Gasteiger partial charge in [0.15, 0.2) is 0 Å². The number of aliphatic imine (C=N–C) groups is 1. The number of fused-ring (bicyclic) bond motifs is 1. The van der Waals surface area contributed by atoms with E-state index in [4.69, 9.17) is 0 Å². The third kappa shape index (κ3) is 3.89. The van der Waals surface area contributed by atoms with Gasteiger partial charge in [0.1, 0.15) is 6.17 Å². The van der Waals surface area contributed by atoms with Gasteiger partial charge in [-0.15, -0.1) is 11.3 Å². The fourth-order valence-corrected chi connectivity index (χ4v) is 5.98. The summed E-state index contributed by atoms with van der Waals surface area (Å²) in [5, 5.41) is 0. The summed E-state index contributed by atoms with van der Waals surface area (Å²) >= 11 is 1.68. The van der Waals surface area contributed by atoms with E-state index in [0.717, 1.165) is 44.4 Å². The van der Waals surface area contributed by atoms with E-state index in [1.54, 1.807) is 11.3 Å². The lowest BCUT2D eigenvalue weighted by Crippen LogP contribution is -2.46. The van der Waals surface area contributed by atoms with Crippen LogP contribution in [0.3, 0.4) is 0 Å². The Bertz CT molecular complexity index is 974. The van der Waals surface area contributed by atoms with Crippen LogP contribution < -0.4 is 0 Å². The monoisotopic (exact) mass is 422 g/mol. The summed E-state index contributed by atoms with van der Waals surface area (Å²) in [6, 6.07) is 6.53. The fourth-order valence-electron chi connectivity index (χ4n) is 5.27. The average molecular weight is 423 g/mol. The number of benzene rings is 1. The molecule has 1 aromatic heterocycles. The van der Waals surface area contributed by atoms with Crippen molar-refractivity contribution < 1.29 is 4.79 Å². The van der Waals surface area contributed by atoms with Crippen LogP contribution in [0.2, 0.25) is 0 Å². The summed E-state index contributed by atoms with van der Waals surface area (Å²) in [7, 11) is 0. The number of rotatable bonds is 4. The number of hydrogen-bond acceptors (Lipinski definition) is 5. The molecule has 0 bridgehead atoms. The van der Waals surface area contributed by atoms with Gasteiger partial charge < -0.3 is 9.80 Å². The molecular weight excluding hydrogens is 392 g/mol. The molecule has 2 fully saturated rings. The van der Waals surface area contributed by atoms with Crippen molar-refractivity contribution in [3.05, 3.63) is 35.3 Å². The highest BCUT2D eigenvalue weighted by atomic mass is 32.1. The number of likely N-dealkylation sites (tertiary alicyclic amines) is 1. The third-order valence-electron chi connectivity index (χ3n) is 6.91. The van der Waals surface area contributed by atoms with Crippen LogP contribution in [0.5, 0.6) is 0 Å². The SMILES string of the molecule is CC1N=CC=C(c2ccc3ncsc3c2)N1CC1CCCN(C(=O)C2CCCC2)C1. The maximum absolute atomic E-state index is 13.0. The lowest BCUT2D eigenvalue weighted by atomic mass is 9.94. The molecule has 158 valence electrons. The van der Waals surface area contributed by atoms with Crippen LogP contribution in [0, 0.1) is 11.8 Å². The van der Waals surface area contributed by atoms with Crippen molar-refractivity contribution in [3.63, 3.8) is 0 Å². The van der Waals surface area contributed by atoms with Gasteiger partial charge in [0.05, 0.1) is 15.7 Å². The maximum atomic E-state index is 13.0. The lowest BCUT2D eigenvalue weighted by molar-refractivity contribution is -0.137. The minimum absolute atomic E-state index is 0.114. The molecule has 0 radical (unpaired) electrons. The second-order valence-electron chi connectivity index (χ2n) is 8.94. The molecule has 6 heteroatoms. The van der Waals surface area contributed by atoms with E-state index in [2.05, 4.69) is 51.0 Å². The Labute approximate surface area is 182 Å². The van der Waals surface area contributed by atoms with Gasteiger partial charge in [-0.05, 0) is 62.3 Å². The zero-order chi connectivity index (χ0) is 20.5. The van der Waals surface area contributed by atoms with E-state index >= 15 is 0 Å². The van der Waals surface area contributed by atoms with Gasteiger partial charge in [-0.1, -0.05) is 18.9 Å². The summed E-state index contributed by atoms with van der Waals surface area (Å²) in [5.41, 5.74) is 5.41. The Kier molecular flexibility index (Phi) is 5.59. The first-order valence-corrected chi connectivity index (χ1v) is 12.2. The summed E-state index contributed by atoms with van der Waals surface area (Å²) < 4.78 is 1.22. The van der Waals surface area contributed by atoms with Crippen LogP contribution in [-0.4, -0.2) is 52.7 Å². The first-order chi connectivity index (χ1) is 14.7. The molecule has 5 nitrogen and oxygen atoms in total. The standard InChI is InChI=1S/C24H30N4OS/c1-17-25-11-10-22(20-8-9-21-23(13-20)30-16-26-21)28(17)15-18-5-4-12-27(14-18)24(29)19-6-2-3-7-19/h8-11,13,16-19H,2-7,12,14-15H2,1H3. The summed E-state index contributed by atoms with van der Waals surface area (Å²) in [6.07, 6.45) is 11.1. The number of piperidine rings is 1. The van der Waals surface area contributed by atoms with Gasteiger partial charge in [-0.3, -0.25) is 9.79 Å². The Morgan fingerprint density at radius 3 is 2.93 bits per heavy atom. The van der Waals surface area contributed by atoms with Crippen molar-refractivity contribution in [2.24, 2.45) is 16.8 Å². The minimum Gasteiger partial charge on any atom is -0.349 e. The van der Waals surface area contributed by atoms with E-state index in [-0.39, 0.29) is 12.1 Å². The maximum Gasteiger partial charge on any atom is 0.225 e. The molecule has 2 unspecified atom stereocenters. The number of hydrogen-bond donors (Lipinski definition) is 0. The highest BCUT2D eigenvalue weighted by Crippen LogP contribution is 2.32. The second kappa shape index (κ2) is 8.50. The van der Waals surface area contributed by atoms with E-state index in [0.29, 0.717) is 11.8 Å². The van der Waals surface area contributed by atoms with E-state index < -0.39 is 0 Å². The molecule has 1 aromatic carbocycles. The van der Waals surface area contributed by atoms with Gasteiger partial charge in [0.2, 0.25) is 5.91 Å². The van der Waals surface area contributed by atoms with Gasteiger partial charge in [0.25, 0.3) is 0 Å². The predicted molar refractivity (Wildman–Crippen MR) is 124 cm³/mol. The molecule has 1 amide bonds. The number of nitrogens with zero attached hydrogens (tertiary/aromatic N) is 4. The molecule has 2 atom stereocenters. The predicted octanol–water partition coefficient (Wildman–Crippen LogP) is 4.80. The number of aromatic nitrogens is 1. The van der Waals surface area contributed by atoms with Crippen molar-refractivity contribution in [2.45, 2.75) is 51.6 Å². The third-order valence-corrected chi connectivity index (χ3v) is 7.70. The summed E-state index contributed by atoms with van der Waals surface area (Å²) in [4.78, 5) is 26.6. The lowest BCUT2D eigenvalue weighted by Gasteiger charge is -2.40. The van der Waals surface area contributed by atoms with Crippen molar-refractivity contribution in [2.75, 3.05) is 19.6 Å². The van der Waals surface area contributed by atoms with Gasteiger partial charge in [-0.25, -0.2) is 4.98 Å². The molecule has 3 aliphatic rings. The molecule has 1 saturated carbocycles. The van der Waals surface area contributed by atoms with Crippen molar-refractivity contribution >= 4 is 39.4 Å². The zero-order valence-electron chi connectivity index (χ0n) is 17.7. The van der Waals surface area contributed by atoms with Crippen LogP contribution in [0.4, 0.5) is 0 Å². The molecule has 0 spiro atoms. The Morgan fingerprint density at radius 2 is 2.07 bits per heavy atom. The van der Waals surface area contributed by atoms with Gasteiger partial charge in [-0.2, -0.15) is 0 Å². The molecule has 0 N–H and O–H groups in total. The fraction of sp³-hybridized carbons (Fsp3) is 0.542. The Balaban J connectivity index is 1.32. The molecule has 1 aliphatic carbocycles. The van der Waals surface area contributed by atoms with Crippen molar-refractivity contribution in [1.82, 2.24) is 14.8 Å².